The first-order valence-corrected chi connectivity index (χ1v) is 12.9. The lowest BCUT2D eigenvalue weighted by molar-refractivity contribution is -0.122. The second-order valence-corrected chi connectivity index (χ2v) is 9.81. The van der Waals surface area contributed by atoms with Crippen molar-refractivity contribution in [1.29, 1.82) is 0 Å². The highest BCUT2D eigenvalue weighted by molar-refractivity contribution is 8.18. The average Bonchev–Trinajstić information content (AvgIpc) is 3.39. The molecule has 0 unspecified atom stereocenters. The third kappa shape index (κ3) is 5.84. The SMILES string of the molecule is O=C1S/C(=C/CCCCc2ccccc2)C(=O)N1CCCCSc1cccc2nccn12. The van der Waals surface area contributed by atoms with Gasteiger partial charge in [0.05, 0.1) is 9.93 Å². The standard InChI is InChI=1S/C25H27N3O2S2/c29-24-21(13-6-2-5-12-20-10-3-1-4-11-20)32-25(30)28(24)17-7-8-19-31-23-15-9-14-22-26-16-18-27(22)23/h1,3-4,9-11,13-16,18H,2,5-8,12,17,19H2/b21-13+. The lowest BCUT2D eigenvalue weighted by Crippen LogP contribution is -2.29. The van der Waals surface area contributed by atoms with E-state index < -0.39 is 0 Å². The fourth-order valence-corrected chi connectivity index (χ4v) is 5.57. The van der Waals surface area contributed by atoms with E-state index in [0.29, 0.717) is 11.4 Å². The smallest absolute Gasteiger partial charge is 0.293 e. The van der Waals surface area contributed by atoms with Crippen LogP contribution in [0.1, 0.15) is 37.7 Å². The van der Waals surface area contributed by atoms with Gasteiger partial charge >= 0.3 is 0 Å². The molecule has 3 aromatic rings. The van der Waals surface area contributed by atoms with E-state index in [0.717, 1.165) is 66.7 Å². The minimum atomic E-state index is -0.138. The second kappa shape index (κ2) is 11.4. The first-order valence-electron chi connectivity index (χ1n) is 11.0. The summed E-state index contributed by atoms with van der Waals surface area (Å²) < 4.78 is 2.08. The summed E-state index contributed by atoms with van der Waals surface area (Å²) >= 11 is 2.85. The zero-order valence-electron chi connectivity index (χ0n) is 18.0. The third-order valence-electron chi connectivity index (χ3n) is 5.38. The lowest BCUT2D eigenvalue weighted by atomic mass is 10.1. The third-order valence-corrected chi connectivity index (χ3v) is 7.46. The van der Waals surface area contributed by atoms with E-state index in [1.807, 2.05) is 30.5 Å². The van der Waals surface area contributed by atoms with Crippen LogP contribution >= 0.6 is 23.5 Å². The number of benzene rings is 1. The fourth-order valence-electron chi connectivity index (χ4n) is 3.67. The number of amides is 2. The van der Waals surface area contributed by atoms with Crippen molar-refractivity contribution in [2.75, 3.05) is 12.3 Å². The molecular weight excluding hydrogens is 438 g/mol. The Kier molecular flexibility index (Phi) is 8.07. The van der Waals surface area contributed by atoms with Gasteiger partial charge in [-0.2, -0.15) is 0 Å². The molecule has 2 aromatic heterocycles. The highest BCUT2D eigenvalue weighted by Gasteiger charge is 2.34. The normalized spacial score (nSPS) is 15.4. The van der Waals surface area contributed by atoms with Crippen molar-refractivity contribution in [3.63, 3.8) is 0 Å². The number of aromatic nitrogens is 2. The molecule has 0 saturated carbocycles. The van der Waals surface area contributed by atoms with Crippen molar-refractivity contribution in [1.82, 2.24) is 14.3 Å². The number of aryl methyl sites for hydroxylation is 1. The Labute approximate surface area is 197 Å². The molecule has 2 amide bonds. The van der Waals surface area contributed by atoms with Gasteiger partial charge in [-0.1, -0.05) is 42.5 Å². The van der Waals surface area contributed by atoms with Crippen molar-refractivity contribution in [2.45, 2.75) is 43.6 Å². The predicted octanol–water partition coefficient (Wildman–Crippen LogP) is 6.20. The molecule has 7 heteroatoms. The molecule has 1 aromatic carbocycles. The van der Waals surface area contributed by atoms with Gasteiger partial charge in [0, 0.05) is 18.9 Å². The summed E-state index contributed by atoms with van der Waals surface area (Å²) in [6.45, 7) is 0.492. The van der Waals surface area contributed by atoms with E-state index in [2.05, 4.69) is 39.7 Å². The number of allylic oxidation sites excluding steroid dienone is 1. The molecule has 0 N–H and O–H groups in total. The van der Waals surface area contributed by atoms with Crippen LogP contribution in [0.15, 0.2) is 76.9 Å². The van der Waals surface area contributed by atoms with Gasteiger partial charge in [0.2, 0.25) is 0 Å². The van der Waals surface area contributed by atoms with Gasteiger partial charge in [0.15, 0.2) is 0 Å². The Morgan fingerprint density at radius 3 is 2.72 bits per heavy atom. The minimum absolute atomic E-state index is 0.126. The Bertz CT molecular complexity index is 1090. The molecule has 0 radical (unpaired) electrons. The Morgan fingerprint density at radius 1 is 0.969 bits per heavy atom. The van der Waals surface area contributed by atoms with Crippen LogP contribution < -0.4 is 0 Å². The quantitative estimate of drug-likeness (QED) is 0.192. The zero-order chi connectivity index (χ0) is 22.2. The Morgan fingerprint density at radius 2 is 1.84 bits per heavy atom. The number of imide groups is 1. The molecule has 3 heterocycles. The number of carbonyl (C=O) groups excluding carboxylic acids is 2. The van der Waals surface area contributed by atoms with Crippen molar-refractivity contribution in [2.24, 2.45) is 0 Å². The molecule has 32 heavy (non-hydrogen) atoms. The predicted molar refractivity (Wildman–Crippen MR) is 132 cm³/mol. The number of pyridine rings is 1. The van der Waals surface area contributed by atoms with Crippen LogP contribution in [0.5, 0.6) is 0 Å². The largest absolute Gasteiger partial charge is 0.294 e. The van der Waals surface area contributed by atoms with Crippen molar-refractivity contribution in [3.8, 4) is 0 Å². The van der Waals surface area contributed by atoms with Gasteiger partial charge in [-0.3, -0.25) is 18.9 Å². The van der Waals surface area contributed by atoms with Crippen molar-refractivity contribution < 1.29 is 9.59 Å². The molecule has 4 rings (SSSR count). The second-order valence-electron chi connectivity index (χ2n) is 7.70. The Balaban J connectivity index is 1.16. The monoisotopic (exact) mass is 465 g/mol. The van der Waals surface area contributed by atoms with Crippen LogP contribution in [-0.2, 0) is 11.2 Å². The average molecular weight is 466 g/mol. The summed E-state index contributed by atoms with van der Waals surface area (Å²) in [6, 6.07) is 16.5. The van der Waals surface area contributed by atoms with E-state index in [-0.39, 0.29) is 11.1 Å². The van der Waals surface area contributed by atoms with Crippen LogP contribution in [0, 0.1) is 0 Å². The molecule has 1 aliphatic rings. The van der Waals surface area contributed by atoms with Crippen molar-refractivity contribution >= 4 is 40.3 Å². The van der Waals surface area contributed by atoms with Gasteiger partial charge in [-0.05, 0) is 73.7 Å². The maximum absolute atomic E-state index is 12.6. The van der Waals surface area contributed by atoms with E-state index in [4.69, 9.17) is 0 Å². The highest BCUT2D eigenvalue weighted by Crippen LogP contribution is 2.31. The first kappa shape index (κ1) is 22.7. The number of hydrogen-bond acceptors (Lipinski definition) is 5. The topological polar surface area (TPSA) is 54.7 Å². The molecule has 1 fully saturated rings. The van der Waals surface area contributed by atoms with E-state index in [9.17, 15) is 9.59 Å². The number of rotatable bonds is 11. The van der Waals surface area contributed by atoms with Crippen LogP contribution in [-0.4, -0.2) is 37.7 Å². The number of thioether (sulfide) groups is 2. The van der Waals surface area contributed by atoms with Crippen LogP contribution in [0.25, 0.3) is 5.65 Å². The molecule has 1 aliphatic heterocycles. The van der Waals surface area contributed by atoms with Gasteiger partial charge in [-0.15, -0.1) is 11.8 Å². The van der Waals surface area contributed by atoms with Crippen LogP contribution in [0.3, 0.4) is 0 Å². The van der Waals surface area contributed by atoms with Crippen LogP contribution in [0.4, 0.5) is 4.79 Å². The molecule has 0 bridgehead atoms. The number of fused-ring (bicyclic) bond motifs is 1. The maximum Gasteiger partial charge on any atom is 0.293 e. The number of hydrogen-bond donors (Lipinski definition) is 0. The van der Waals surface area contributed by atoms with Gasteiger partial charge in [0.1, 0.15) is 5.65 Å². The molecule has 5 nitrogen and oxygen atoms in total. The number of unbranched alkanes of at least 4 members (excludes halogenated alkanes) is 3. The van der Waals surface area contributed by atoms with E-state index >= 15 is 0 Å². The van der Waals surface area contributed by atoms with Crippen molar-refractivity contribution in [3.05, 3.63) is 77.5 Å². The maximum atomic E-state index is 12.6. The molecule has 0 aliphatic carbocycles. The molecular formula is C25H27N3O2S2. The highest BCUT2D eigenvalue weighted by atomic mass is 32.2. The van der Waals surface area contributed by atoms with Gasteiger partial charge in [0.25, 0.3) is 11.1 Å². The summed E-state index contributed by atoms with van der Waals surface area (Å²) in [4.78, 5) is 31.2. The summed E-state index contributed by atoms with van der Waals surface area (Å²) in [6.07, 6.45) is 11.4. The first-order chi connectivity index (χ1) is 15.7. The molecule has 0 spiro atoms. The summed E-state index contributed by atoms with van der Waals surface area (Å²) in [5.74, 6) is 0.809. The molecule has 0 atom stereocenters. The van der Waals surface area contributed by atoms with E-state index in [1.54, 1.807) is 18.0 Å². The number of carbonyl (C=O) groups is 2. The van der Waals surface area contributed by atoms with E-state index in [1.165, 1.54) is 10.5 Å². The summed E-state index contributed by atoms with van der Waals surface area (Å²) in [5.41, 5.74) is 2.28. The zero-order valence-corrected chi connectivity index (χ0v) is 19.6. The van der Waals surface area contributed by atoms with Crippen LogP contribution in [0.2, 0.25) is 0 Å². The molecule has 166 valence electrons. The number of imidazole rings is 1. The van der Waals surface area contributed by atoms with Gasteiger partial charge in [-0.25, -0.2) is 4.98 Å². The summed E-state index contributed by atoms with van der Waals surface area (Å²) in [5, 5.41) is 1.02. The Hall–Kier alpha value is -2.51. The minimum Gasteiger partial charge on any atom is -0.294 e. The molecule has 1 saturated heterocycles. The van der Waals surface area contributed by atoms with Gasteiger partial charge < -0.3 is 0 Å². The lowest BCUT2D eigenvalue weighted by Gasteiger charge is -2.12. The number of nitrogens with zero attached hydrogens (tertiary/aromatic N) is 3. The fraction of sp³-hybridized carbons (Fsp3) is 0.320. The summed E-state index contributed by atoms with van der Waals surface area (Å²) in [7, 11) is 0.